The van der Waals surface area contributed by atoms with Crippen molar-refractivity contribution in [1.29, 1.82) is 0 Å². The van der Waals surface area contributed by atoms with Crippen molar-refractivity contribution in [2.75, 3.05) is 18.5 Å². The lowest BCUT2D eigenvalue weighted by Crippen LogP contribution is -2.41. The zero-order valence-electron chi connectivity index (χ0n) is 10.4. The van der Waals surface area contributed by atoms with Crippen LogP contribution in [0, 0.1) is 0 Å². The second kappa shape index (κ2) is 4.69. The molecule has 1 atom stereocenters. The third-order valence-corrected chi connectivity index (χ3v) is 3.57. The molecule has 0 fully saturated rings. The summed E-state index contributed by atoms with van der Waals surface area (Å²) in [5.41, 5.74) is 4.07. The average molecular weight is 216 g/mol. The molecule has 2 heteroatoms. The molecule has 0 saturated carbocycles. The van der Waals surface area contributed by atoms with Crippen molar-refractivity contribution in [2.24, 2.45) is 4.99 Å². The maximum atomic E-state index is 4.31. The summed E-state index contributed by atoms with van der Waals surface area (Å²) in [7, 11) is 1.88. The Morgan fingerprint density at radius 2 is 2.12 bits per heavy atom. The molecule has 2 nitrogen and oxygen atoms in total. The van der Waals surface area contributed by atoms with Crippen LogP contribution in [0.1, 0.15) is 25.8 Å². The number of aliphatic imine (C=N–C) groups is 1. The first-order valence-electron chi connectivity index (χ1n) is 6.02. The maximum Gasteiger partial charge on any atom is 0.0639 e. The zero-order valence-corrected chi connectivity index (χ0v) is 10.4. The van der Waals surface area contributed by atoms with Gasteiger partial charge in [-0.25, -0.2) is 0 Å². The Balaban J connectivity index is 2.31. The van der Waals surface area contributed by atoms with Gasteiger partial charge in [-0.05, 0) is 38.3 Å². The molecule has 0 spiro atoms. The summed E-state index contributed by atoms with van der Waals surface area (Å²) >= 11 is 0. The Bertz CT molecular complexity index is 395. The molecule has 0 radical (unpaired) electrons. The molecular formula is C14H20N2. The molecule has 2 rings (SSSR count). The van der Waals surface area contributed by atoms with E-state index in [-0.39, 0.29) is 0 Å². The zero-order chi connectivity index (χ0) is 11.5. The number of fused-ring (bicyclic) bond motifs is 1. The Morgan fingerprint density at radius 3 is 2.88 bits per heavy atom. The molecular weight excluding hydrogens is 196 g/mol. The molecule has 16 heavy (non-hydrogen) atoms. The molecule has 0 saturated heterocycles. The van der Waals surface area contributed by atoms with Gasteiger partial charge in [0, 0.05) is 25.0 Å². The smallest absolute Gasteiger partial charge is 0.0639 e. The fourth-order valence-electron chi connectivity index (χ4n) is 2.38. The fourth-order valence-corrected chi connectivity index (χ4v) is 2.38. The van der Waals surface area contributed by atoms with Crippen molar-refractivity contribution in [3.8, 4) is 0 Å². The largest absolute Gasteiger partial charge is 0.363 e. The summed E-state index contributed by atoms with van der Waals surface area (Å²) < 4.78 is 0. The van der Waals surface area contributed by atoms with Crippen LogP contribution >= 0.6 is 0 Å². The number of para-hydroxylation sites is 1. The minimum absolute atomic E-state index is 0.409. The van der Waals surface area contributed by atoms with Crippen LogP contribution in [0.2, 0.25) is 0 Å². The highest BCUT2D eigenvalue weighted by molar-refractivity contribution is 5.90. The van der Waals surface area contributed by atoms with Crippen LogP contribution < -0.4 is 4.90 Å². The van der Waals surface area contributed by atoms with E-state index in [1.54, 1.807) is 0 Å². The molecule has 86 valence electrons. The van der Waals surface area contributed by atoms with Gasteiger partial charge >= 0.3 is 0 Å². The van der Waals surface area contributed by atoms with Crippen LogP contribution in [0.5, 0.6) is 0 Å². The highest BCUT2D eigenvalue weighted by Gasteiger charge is 2.21. The summed E-state index contributed by atoms with van der Waals surface area (Å²) in [5, 5.41) is 0. The van der Waals surface area contributed by atoms with Crippen molar-refractivity contribution in [3.05, 3.63) is 29.8 Å². The van der Waals surface area contributed by atoms with Gasteiger partial charge in [-0.3, -0.25) is 4.99 Å². The summed E-state index contributed by atoms with van der Waals surface area (Å²) in [4.78, 5) is 6.78. The van der Waals surface area contributed by atoms with E-state index < -0.39 is 0 Å². The quantitative estimate of drug-likeness (QED) is 0.694. The first kappa shape index (κ1) is 11.2. The second-order valence-electron chi connectivity index (χ2n) is 4.47. The highest BCUT2D eigenvalue weighted by atomic mass is 15.2. The molecule has 1 unspecified atom stereocenters. The van der Waals surface area contributed by atoms with E-state index in [4.69, 9.17) is 0 Å². The van der Waals surface area contributed by atoms with E-state index in [2.05, 4.69) is 48.0 Å². The monoisotopic (exact) mass is 216 g/mol. The minimum atomic E-state index is 0.409. The number of benzene rings is 1. The van der Waals surface area contributed by atoms with Gasteiger partial charge in [0.25, 0.3) is 0 Å². The van der Waals surface area contributed by atoms with Crippen LogP contribution in [0.15, 0.2) is 29.3 Å². The van der Waals surface area contributed by atoms with E-state index >= 15 is 0 Å². The van der Waals surface area contributed by atoms with Crippen LogP contribution in [0.3, 0.4) is 0 Å². The van der Waals surface area contributed by atoms with Crippen molar-refractivity contribution in [1.82, 2.24) is 0 Å². The molecule has 0 N–H and O–H groups in total. The number of nitrogens with zero attached hydrogens (tertiary/aromatic N) is 2. The second-order valence-corrected chi connectivity index (χ2v) is 4.47. The first-order valence-corrected chi connectivity index (χ1v) is 6.02. The average Bonchev–Trinajstić information content (AvgIpc) is 2.36. The molecule has 0 bridgehead atoms. The first-order chi connectivity index (χ1) is 7.74. The molecule has 1 heterocycles. The topological polar surface area (TPSA) is 15.6 Å². The van der Waals surface area contributed by atoms with E-state index in [0.29, 0.717) is 6.04 Å². The molecule has 1 aromatic rings. The van der Waals surface area contributed by atoms with Crippen LogP contribution in [0.25, 0.3) is 0 Å². The Labute approximate surface area is 98.0 Å². The third-order valence-electron chi connectivity index (χ3n) is 3.57. The number of aryl methyl sites for hydroxylation is 1. The highest BCUT2D eigenvalue weighted by Crippen LogP contribution is 2.28. The number of rotatable bonds is 2. The summed E-state index contributed by atoms with van der Waals surface area (Å²) in [5.74, 6) is 0. The van der Waals surface area contributed by atoms with Gasteiger partial charge < -0.3 is 4.90 Å². The molecule has 1 aliphatic heterocycles. The van der Waals surface area contributed by atoms with Crippen LogP contribution in [-0.2, 0) is 6.42 Å². The predicted octanol–water partition coefficient (Wildman–Crippen LogP) is 2.92. The lowest BCUT2D eigenvalue weighted by molar-refractivity contribution is 0.670. The Hall–Kier alpha value is -1.31. The molecule has 1 aromatic carbocycles. The Morgan fingerprint density at radius 1 is 1.38 bits per heavy atom. The van der Waals surface area contributed by atoms with Gasteiger partial charge in [0.15, 0.2) is 0 Å². The predicted molar refractivity (Wildman–Crippen MR) is 70.6 cm³/mol. The van der Waals surface area contributed by atoms with Crippen molar-refractivity contribution < 1.29 is 0 Å². The van der Waals surface area contributed by atoms with Crippen molar-refractivity contribution in [3.63, 3.8) is 0 Å². The third kappa shape index (κ3) is 1.97. The molecule has 0 aliphatic carbocycles. The minimum Gasteiger partial charge on any atom is -0.363 e. The van der Waals surface area contributed by atoms with E-state index in [1.165, 1.54) is 29.8 Å². The van der Waals surface area contributed by atoms with Gasteiger partial charge in [-0.15, -0.1) is 0 Å². The number of hydrogen-bond donors (Lipinski definition) is 0. The standard InChI is InChI=1S/C14H20N2/c1-11(15-3)12(2)16-10-6-8-13-7-4-5-9-14(13)16/h4-5,7,9,12H,6,8,10H2,1-3H3. The van der Waals surface area contributed by atoms with E-state index in [1.807, 2.05) is 7.05 Å². The van der Waals surface area contributed by atoms with Gasteiger partial charge in [-0.1, -0.05) is 18.2 Å². The van der Waals surface area contributed by atoms with Gasteiger partial charge in [0.2, 0.25) is 0 Å². The lowest BCUT2D eigenvalue weighted by atomic mass is 9.99. The number of anilines is 1. The van der Waals surface area contributed by atoms with Gasteiger partial charge in [0.05, 0.1) is 6.04 Å². The van der Waals surface area contributed by atoms with Crippen LogP contribution in [0.4, 0.5) is 5.69 Å². The summed E-state index contributed by atoms with van der Waals surface area (Å²) in [6.07, 6.45) is 2.46. The van der Waals surface area contributed by atoms with E-state index in [0.717, 1.165) is 6.54 Å². The summed E-state index contributed by atoms with van der Waals surface area (Å²) in [6, 6.07) is 9.14. The Kier molecular flexibility index (Phi) is 3.28. The van der Waals surface area contributed by atoms with Crippen LogP contribution in [-0.4, -0.2) is 25.3 Å². The lowest BCUT2D eigenvalue weighted by Gasteiger charge is -2.36. The normalized spacial score (nSPS) is 18.2. The van der Waals surface area contributed by atoms with Crippen molar-refractivity contribution in [2.45, 2.75) is 32.7 Å². The maximum absolute atomic E-state index is 4.31. The molecule has 0 amide bonds. The summed E-state index contributed by atoms with van der Waals surface area (Å²) in [6.45, 7) is 5.50. The van der Waals surface area contributed by atoms with Gasteiger partial charge in [0.1, 0.15) is 0 Å². The fraction of sp³-hybridized carbons (Fsp3) is 0.500. The number of hydrogen-bond acceptors (Lipinski definition) is 2. The molecule has 0 aromatic heterocycles. The SMILES string of the molecule is CN=C(C)C(C)N1CCCc2ccccc21. The molecule has 1 aliphatic rings. The van der Waals surface area contributed by atoms with Crippen molar-refractivity contribution >= 4 is 11.4 Å². The van der Waals surface area contributed by atoms with E-state index in [9.17, 15) is 0 Å². The van der Waals surface area contributed by atoms with Gasteiger partial charge in [-0.2, -0.15) is 0 Å².